The van der Waals surface area contributed by atoms with E-state index in [0.717, 1.165) is 5.69 Å². The highest BCUT2D eigenvalue weighted by atomic mass is 16.5. The number of amides is 1. The summed E-state index contributed by atoms with van der Waals surface area (Å²) in [6, 6.07) is 2.02. The van der Waals surface area contributed by atoms with Gasteiger partial charge in [0.05, 0.1) is 13.2 Å². The third-order valence-corrected chi connectivity index (χ3v) is 2.46. The predicted octanol–water partition coefficient (Wildman–Crippen LogP) is 0.0226. The molecule has 1 fully saturated rings. The molecular formula is C11H15N3O3. The quantitative estimate of drug-likeness (QED) is 0.741. The van der Waals surface area contributed by atoms with E-state index in [0.29, 0.717) is 26.3 Å². The lowest BCUT2D eigenvalue weighted by Gasteiger charge is -2.26. The van der Waals surface area contributed by atoms with Gasteiger partial charge in [0.2, 0.25) is 0 Å². The molecule has 2 heterocycles. The Hall–Kier alpha value is -1.69. The molecule has 0 saturated carbocycles. The van der Waals surface area contributed by atoms with Crippen LogP contribution in [0.4, 0.5) is 0 Å². The van der Waals surface area contributed by atoms with Crippen molar-refractivity contribution < 1.29 is 14.3 Å². The zero-order valence-electron chi connectivity index (χ0n) is 9.76. The molecule has 2 rings (SSSR count). The van der Waals surface area contributed by atoms with Crippen molar-refractivity contribution in [2.75, 3.05) is 32.9 Å². The van der Waals surface area contributed by atoms with Gasteiger partial charge in [-0.05, 0) is 13.0 Å². The molecule has 1 aromatic rings. The number of nitrogens with zero attached hydrogens (tertiary/aromatic N) is 3. The molecule has 0 bridgehead atoms. The number of hydrogen-bond acceptors (Lipinski definition) is 5. The number of carbonyl (C=O) groups excluding carboxylic acids is 1. The van der Waals surface area contributed by atoms with Crippen LogP contribution in [-0.4, -0.2) is 53.7 Å². The topological polar surface area (TPSA) is 64.5 Å². The second-order valence-electron chi connectivity index (χ2n) is 3.76. The van der Waals surface area contributed by atoms with Crippen molar-refractivity contribution in [2.24, 2.45) is 0 Å². The molecular weight excluding hydrogens is 222 g/mol. The van der Waals surface area contributed by atoms with Gasteiger partial charge in [-0.2, -0.15) is 0 Å². The Kier molecular flexibility index (Phi) is 3.87. The van der Waals surface area contributed by atoms with Crippen molar-refractivity contribution in [3.63, 3.8) is 0 Å². The van der Waals surface area contributed by atoms with Gasteiger partial charge >= 0.3 is 6.01 Å². The monoisotopic (exact) mass is 237 g/mol. The summed E-state index contributed by atoms with van der Waals surface area (Å²) >= 11 is 0. The molecule has 0 radical (unpaired) electrons. The Morgan fingerprint density at radius 1 is 1.53 bits per heavy atom. The normalized spacial score (nSPS) is 15.7. The highest BCUT2D eigenvalue weighted by Gasteiger charge is 2.17. The molecule has 1 aliphatic rings. The van der Waals surface area contributed by atoms with Crippen molar-refractivity contribution in [2.45, 2.75) is 6.92 Å². The third-order valence-electron chi connectivity index (χ3n) is 2.46. The van der Waals surface area contributed by atoms with Crippen molar-refractivity contribution in [3.05, 3.63) is 18.0 Å². The molecule has 6 heteroatoms. The summed E-state index contributed by atoms with van der Waals surface area (Å²) in [5.41, 5.74) is 0.814. The van der Waals surface area contributed by atoms with E-state index >= 15 is 0 Å². The zero-order valence-corrected chi connectivity index (χ0v) is 9.76. The van der Waals surface area contributed by atoms with E-state index in [4.69, 9.17) is 9.47 Å². The average Bonchev–Trinajstić information content (AvgIpc) is 2.37. The minimum atomic E-state index is -0.0570. The highest BCUT2D eigenvalue weighted by Crippen LogP contribution is 2.03. The first-order valence-electron chi connectivity index (χ1n) is 5.53. The van der Waals surface area contributed by atoms with Gasteiger partial charge in [0.15, 0.2) is 6.61 Å². The average molecular weight is 237 g/mol. The zero-order chi connectivity index (χ0) is 12.1. The summed E-state index contributed by atoms with van der Waals surface area (Å²) in [5.74, 6) is -0.0570. The Labute approximate surface area is 99.6 Å². The number of rotatable bonds is 3. The molecule has 92 valence electrons. The van der Waals surface area contributed by atoms with Crippen LogP contribution in [0.15, 0.2) is 12.3 Å². The first kappa shape index (κ1) is 11.8. The van der Waals surface area contributed by atoms with E-state index in [1.54, 1.807) is 17.2 Å². The Balaban J connectivity index is 1.83. The first-order chi connectivity index (χ1) is 8.25. The van der Waals surface area contributed by atoms with Crippen LogP contribution >= 0.6 is 0 Å². The minimum absolute atomic E-state index is 0.0244. The number of ether oxygens (including phenoxy) is 2. The number of hydrogen-bond donors (Lipinski definition) is 0. The van der Waals surface area contributed by atoms with Gasteiger partial charge in [-0.15, -0.1) is 0 Å². The molecule has 1 saturated heterocycles. The van der Waals surface area contributed by atoms with Crippen LogP contribution in [0.3, 0.4) is 0 Å². The number of morpholine rings is 1. The molecule has 1 aromatic heterocycles. The van der Waals surface area contributed by atoms with Gasteiger partial charge < -0.3 is 14.4 Å². The van der Waals surface area contributed by atoms with Crippen LogP contribution in [0, 0.1) is 6.92 Å². The molecule has 17 heavy (non-hydrogen) atoms. The summed E-state index contributed by atoms with van der Waals surface area (Å²) in [5, 5.41) is 0. The van der Waals surface area contributed by atoms with Crippen LogP contribution in [0.25, 0.3) is 0 Å². The third kappa shape index (κ3) is 3.39. The molecule has 0 spiro atoms. The molecule has 0 N–H and O–H groups in total. The Morgan fingerprint density at radius 2 is 2.29 bits per heavy atom. The van der Waals surface area contributed by atoms with E-state index in [2.05, 4.69) is 9.97 Å². The first-order valence-corrected chi connectivity index (χ1v) is 5.53. The summed E-state index contributed by atoms with van der Waals surface area (Å²) < 4.78 is 10.4. The van der Waals surface area contributed by atoms with E-state index in [1.807, 2.05) is 6.92 Å². The summed E-state index contributed by atoms with van der Waals surface area (Å²) in [6.07, 6.45) is 1.61. The van der Waals surface area contributed by atoms with Gasteiger partial charge in [-0.25, -0.2) is 9.97 Å². The van der Waals surface area contributed by atoms with Crippen LogP contribution in [0.5, 0.6) is 6.01 Å². The van der Waals surface area contributed by atoms with Crippen molar-refractivity contribution in [3.8, 4) is 6.01 Å². The summed E-state index contributed by atoms with van der Waals surface area (Å²) in [4.78, 5) is 21.5. The molecule has 0 aliphatic carbocycles. The SMILES string of the molecule is Cc1ccnc(OCC(=O)N2CCOCC2)n1. The number of aryl methyl sites for hydroxylation is 1. The van der Waals surface area contributed by atoms with Gasteiger partial charge in [0.25, 0.3) is 5.91 Å². The molecule has 0 unspecified atom stereocenters. The van der Waals surface area contributed by atoms with Crippen molar-refractivity contribution in [1.29, 1.82) is 0 Å². The van der Waals surface area contributed by atoms with Gasteiger partial charge in [-0.1, -0.05) is 0 Å². The minimum Gasteiger partial charge on any atom is -0.453 e. The second-order valence-corrected chi connectivity index (χ2v) is 3.76. The Bertz CT molecular complexity index is 391. The maximum atomic E-state index is 11.7. The Morgan fingerprint density at radius 3 is 3.00 bits per heavy atom. The smallest absolute Gasteiger partial charge is 0.317 e. The van der Waals surface area contributed by atoms with Crippen molar-refractivity contribution in [1.82, 2.24) is 14.9 Å². The molecule has 1 aliphatic heterocycles. The van der Waals surface area contributed by atoms with Gasteiger partial charge in [0.1, 0.15) is 0 Å². The van der Waals surface area contributed by atoms with Crippen LogP contribution < -0.4 is 4.74 Å². The molecule has 0 atom stereocenters. The lowest BCUT2D eigenvalue weighted by atomic mass is 10.4. The fourth-order valence-electron chi connectivity index (χ4n) is 1.53. The van der Waals surface area contributed by atoms with Crippen LogP contribution in [0.2, 0.25) is 0 Å². The number of carbonyl (C=O) groups is 1. The second kappa shape index (κ2) is 5.58. The van der Waals surface area contributed by atoms with Crippen molar-refractivity contribution >= 4 is 5.91 Å². The molecule has 6 nitrogen and oxygen atoms in total. The van der Waals surface area contributed by atoms with Gasteiger partial charge in [-0.3, -0.25) is 4.79 Å². The van der Waals surface area contributed by atoms with E-state index in [-0.39, 0.29) is 18.5 Å². The lowest BCUT2D eigenvalue weighted by Crippen LogP contribution is -2.43. The van der Waals surface area contributed by atoms with Gasteiger partial charge in [0, 0.05) is 25.0 Å². The van der Waals surface area contributed by atoms with E-state index < -0.39 is 0 Å². The molecule has 1 amide bonds. The largest absolute Gasteiger partial charge is 0.453 e. The number of aromatic nitrogens is 2. The highest BCUT2D eigenvalue weighted by molar-refractivity contribution is 5.77. The predicted molar refractivity (Wildman–Crippen MR) is 59.7 cm³/mol. The standard InChI is InChI=1S/C11H15N3O3/c1-9-2-3-12-11(13-9)17-8-10(15)14-4-6-16-7-5-14/h2-3H,4-8H2,1H3. The van der Waals surface area contributed by atoms with Crippen LogP contribution in [-0.2, 0) is 9.53 Å². The maximum absolute atomic E-state index is 11.7. The van der Waals surface area contributed by atoms with Crippen LogP contribution in [0.1, 0.15) is 5.69 Å². The molecule has 0 aromatic carbocycles. The fourth-order valence-corrected chi connectivity index (χ4v) is 1.53. The van der Waals surface area contributed by atoms with E-state index in [1.165, 1.54) is 0 Å². The van der Waals surface area contributed by atoms with E-state index in [9.17, 15) is 4.79 Å². The maximum Gasteiger partial charge on any atom is 0.317 e. The summed E-state index contributed by atoms with van der Waals surface area (Å²) in [6.45, 7) is 4.24. The fraction of sp³-hybridized carbons (Fsp3) is 0.545. The lowest BCUT2D eigenvalue weighted by molar-refractivity contribution is -0.137. The summed E-state index contributed by atoms with van der Waals surface area (Å²) in [7, 11) is 0.